The van der Waals surface area contributed by atoms with E-state index in [1.54, 1.807) is 18.2 Å². The average molecular weight is 330 g/mol. The number of nitrogens with zero attached hydrogens (tertiary/aromatic N) is 1. The van der Waals surface area contributed by atoms with Crippen LogP contribution in [-0.2, 0) is 6.42 Å². The van der Waals surface area contributed by atoms with Crippen LogP contribution in [0.1, 0.15) is 35.7 Å². The number of halogens is 2. The van der Waals surface area contributed by atoms with Gasteiger partial charge in [0.25, 0.3) is 0 Å². The Balaban J connectivity index is 1.87. The van der Waals surface area contributed by atoms with Gasteiger partial charge < -0.3 is 0 Å². The molecule has 4 heteroatoms. The smallest absolute Gasteiger partial charge is 0.175 e. The Hall–Kier alpha value is -2.00. The minimum absolute atomic E-state index is 0.0221. The van der Waals surface area contributed by atoms with E-state index in [4.69, 9.17) is 11.6 Å². The molecule has 2 aromatic carbocycles. The van der Waals surface area contributed by atoms with Gasteiger partial charge in [0.1, 0.15) is 5.82 Å². The summed E-state index contributed by atoms with van der Waals surface area (Å²) in [5.41, 5.74) is 2.93. The fraction of sp³-hybridized carbons (Fsp3) is 0.263. The van der Waals surface area contributed by atoms with Crippen molar-refractivity contribution in [3.05, 3.63) is 64.4 Å². The largest absolute Gasteiger partial charge is 0.293 e. The number of hydrogen-bond donors (Lipinski definition) is 0. The first-order chi connectivity index (χ1) is 11.1. The molecule has 0 saturated carbocycles. The molecule has 1 unspecified atom stereocenters. The summed E-state index contributed by atoms with van der Waals surface area (Å²) in [7, 11) is 0. The lowest BCUT2D eigenvalue weighted by Gasteiger charge is -2.24. The topological polar surface area (TPSA) is 29.4 Å². The number of hydrogen-bond acceptors (Lipinski definition) is 2. The predicted octanol–water partition coefficient (Wildman–Crippen LogP) is 5.41. The number of rotatable bonds is 4. The molecule has 0 aliphatic carbocycles. The molecule has 2 aromatic rings. The molecule has 118 valence electrons. The maximum atomic E-state index is 13.3. The van der Waals surface area contributed by atoms with Gasteiger partial charge in [-0.05, 0) is 49.1 Å². The van der Waals surface area contributed by atoms with Gasteiger partial charge in [0.05, 0.1) is 22.2 Å². The van der Waals surface area contributed by atoms with E-state index in [1.165, 1.54) is 12.1 Å². The molecule has 3 rings (SSSR count). The number of fused-ring (bicyclic) bond motifs is 1. The molecule has 0 fully saturated rings. The van der Waals surface area contributed by atoms with Gasteiger partial charge in [0.2, 0.25) is 0 Å². The van der Waals surface area contributed by atoms with E-state index < -0.39 is 0 Å². The van der Waals surface area contributed by atoms with Crippen molar-refractivity contribution >= 4 is 28.8 Å². The molecule has 0 N–H and O–H groups in total. The van der Waals surface area contributed by atoms with Gasteiger partial charge in [-0.2, -0.15) is 0 Å². The van der Waals surface area contributed by atoms with Crippen molar-refractivity contribution in [1.29, 1.82) is 0 Å². The second-order valence-corrected chi connectivity index (χ2v) is 6.08. The van der Waals surface area contributed by atoms with Crippen LogP contribution in [0.2, 0.25) is 5.02 Å². The highest BCUT2D eigenvalue weighted by Crippen LogP contribution is 2.36. The maximum absolute atomic E-state index is 13.3. The molecule has 0 amide bonds. The quantitative estimate of drug-likeness (QED) is 0.737. The lowest BCUT2D eigenvalue weighted by Crippen LogP contribution is -2.28. The van der Waals surface area contributed by atoms with Crippen LogP contribution in [0.15, 0.2) is 47.5 Å². The van der Waals surface area contributed by atoms with Crippen molar-refractivity contribution in [3.8, 4) is 0 Å². The number of aliphatic imine (C=N–C) groups is 1. The second-order valence-electron chi connectivity index (χ2n) is 5.68. The zero-order valence-corrected chi connectivity index (χ0v) is 13.6. The monoisotopic (exact) mass is 329 g/mol. The van der Waals surface area contributed by atoms with E-state index in [-0.39, 0.29) is 17.5 Å². The molecule has 1 atom stereocenters. The van der Waals surface area contributed by atoms with Gasteiger partial charge in [0, 0.05) is 5.71 Å². The number of benzene rings is 2. The third-order valence-corrected chi connectivity index (χ3v) is 4.51. The summed E-state index contributed by atoms with van der Waals surface area (Å²) in [6, 6.07) is 11.8. The maximum Gasteiger partial charge on any atom is 0.175 e. The molecule has 1 heterocycles. The Morgan fingerprint density at radius 2 is 2.00 bits per heavy atom. The first kappa shape index (κ1) is 15.9. The summed E-state index contributed by atoms with van der Waals surface area (Å²) in [6.45, 7) is 2.00. The van der Waals surface area contributed by atoms with Crippen molar-refractivity contribution in [2.75, 3.05) is 0 Å². The summed E-state index contributed by atoms with van der Waals surface area (Å²) in [4.78, 5) is 17.5. The molecular formula is C19H17ClFNO. The summed E-state index contributed by atoms with van der Waals surface area (Å²) >= 11 is 6.19. The third kappa shape index (κ3) is 3.20. The zero-order valence-electron chi connectivity index (χ0n) is 12.9. The van der Waals surface area contributed by atoms with Crippen LogP contribution >= 0.6 is 11.6 Å². The van der Waals surface area contributed by atoms with Crippen molar-refractivity contribution in [3.63, 3.8) is 0 Å². The highest BCUT2D eigenvalue weighted by atomic mass is 35.5. The third-order valence-electron chi connectivity index (χ3n) is 4.19. The van der Waals surface area contributed by atoms with Crippen LogP contribution in [0.25, 0.3) is 0 Å². The molecule has 0 bridgehead atoms. The zero-order chi connectivity index (χ0) is 16.4. The minimum Gasteiger partial charge on any atom is -0.293 e. The van der Waals surface area contributed by atoms with E-state index in [0.717, 1.165) is 11.3 Å². The lowest BCUT2D eigenvalue weighted by atomic mass is 9.84. The molecule has 0 saturated heterocycles. The van der Waals surface area contributed by atoms with Gasteiger partial charge in [-0.25, -0.2) is 4.39 Å². The summed E-state index contributed by atoms with van der Waals surface area (Å²) in [5, 5.41) is 0.446. The first-order valence-electron chi connectivity index (χ1n) is 7.74. The Morgan fingerprint density at radius 1 is 1.22 bits per heavy atom. The van der Waals surface area contributed by atoms with E-state index in [9.17, 15) is 9.18 Å². The fourth-order valence-electron chi connectivity index (χ4n) is 3.03. The van der Waals surface area contributed by atoms with Crippen LogP contribution < -0.4 is 0 Å². The number of carbonyl (C=O) groups is 1. The van der Waals surface area contributed by atoms with Crippen molar-refractivity contribution in [1.82, 2.24) is 0 Å². The SMILES string of the molecule is CCC1=Nc2cccc(Cl)c2C(=O)C1CCc1cccc(F)c1. The standard InChI is InChI=1S/C19H17ClFNO/c1-2-16-14(10-9-12-5-3-6-13(21)11-12)19(23)18-15(20)7-4-8-17(18)22-16/h3-8,11,14H,2,9-10H2,1H3. The number of Topliss-reactive ketones (excluding diaryl/α,β-unsaturated/α-hetero) is 1. The summed E-state index contributed by atoms with van der Waals surface area (Å²) in [6.07, 6.45) is 1.96. The predicted molar refractivity (Wildman–Crippen MR) is 91.4 cm³/mol. The molecular weight excluding hydrogens is 313 g/mol. The van der Waals surface area contributed by atoms with Gasteiger partial charge in [-0.1, -0.05) is 36.7 Å². The Morgan fingerprint density at radius 3 is 2.74 bits per heavy atom. The van der Waals surface area contributed by atoms with Gasteiger partial charge in [-0.3, -0.25) is 9.79 Å². The normalized spacial score (nSPS) is 16.9. The highest BCUT2D eigenvalue weighted by molar-refractivity contribution is 6.36. The van der Waals surface area contributed by atoms with Crippen LogP contribution in [0.4, 0.5) is 10.1 Å². The highest BCUT2D eigenvalue weighted by Gasteiger charge is 2.31. The van der Waals surface area contributed by atoms with Crippen molar-refractivity contribution in [2.24, 2.45) is 10.9 Å². The molecule has 1 aliphatic rings. The van der Waals surface area contributed by atoms with Crippen LogP contribution in [-0.4, -0.2) is 11.5 Å². The van der Waals surface area contributed by atoms with E-state index >= 15 is 0 Å². The van der Waals surface area contributed by atoms with Crippen LogP contribution in [0, 0.1) is 11.7 Å². The van der Waals surface area contributed by atoms with Crippen LogP contribution in [0.5, 0.6) is 0 Å². The van der Waals surface area contributed by atoms with Gasteiger partial charge in [0.15, 0.2) is 5.78 Å². The van der Waals surface area contributed by atoms with E-state index in [1.807, 2.05) is 19.1 Å². The van der Waals surface area contributed by atoms with Gasteiger partial charge >= 0.3 is 0 Å². The molecule has 0 radical (unpaired) electrons. The Kier molecular flexibility index (Phi) is 4.58. The summed E-state index contributed by atoms with van der Waals surface area (Å²) < 4.78 is 13.3. The van der Waals surface area contributed by atoms with Crippen molar-refractivity contribution < 1.29 is 9.18 Å². The van der Waals surface area contributed by atoms with E-state index in [2.05, 4.69) is 4.99 Å². The number of carbonyl (C=O) groups excluding carboxylic acids is 1. The summed E-state index contributed by atoms with van der Waals surface area (Å²) in [5.74, 6) is -0.514. The molecule has 0 aromatic heterocycles. The number of ketones is 1. The van der Waals surface area contributed by atoms with Gasteiger partial charge in [-0.15, -0.1) is 0 Å². The molecule has 2 nitrogen and oxygen atoms in total. The van der Waals surface area contributed by atoms with Crippen LogP contribution in [0.3, 0.4) is 0 Å². The molecule has 0 spiro atoms. The molecule has 23 heavy (non-hydrogen) atoms. The fourth-order valence-corrected chi connectivity index (χ4v) is 3.30. The molecule has 1 aliphatic heterocycles. The Labute approximate surface area is 140 Å². The Bertz CT molecular complexity index is 785. The van der Waals surface area contributed by atoms with Crippen molar-refractivity contribution in [2.45, 2.75) is 26.2 Å². The number of aryl methyl sites for hydroxylation is 1. The minimum atomic E-state index is -0.282. The average Bonchev–Trinajstić information content (AvgIpc) is 2.53. The second kappa shape index (κ2) is 6.63. The lowest BCUT2D eigenvalue weighted by molar-refractivity contribution is 0.0948. The van der Waals surface area contributed by atoms with E-state index in [0.29, 0.717) is 35.5 Å². The first-order valence-corrected chi connectivity index (χ1v) is 8.12.